The molecule has 2 amide bonds. The van der Waals surface area contributed by atoms with Crippen LogP contribution in [0.25, 0.3) is 10.6 Å². The van der Waals surface area contributed by atoms with E-state index in [1.807, 2.05) is 32.6 Å². The van der Waals surface area contributed by atoms with Gasteiger partial charge < -0.3 is 10.2 Å². The Morgan fingerprint density at radius 3 is 2.79 bits per heavy atom. The Hall–Kier alpha value is -1.73. The van der Waals surface area contributed by atoms with Crippen LogP contribution in [0.2, 0.25) is 0 Å². The van der Waals surface area contributed by atoms with Gasteiger partial charge in [-0.25, -0.2) is 4.98 Å². The third kappa shape index (κ3) is 5.20. The molecule has 1 atom stereocenters. The summed E-state index contributed by atoms with van der Waals surface area (Å²) in [4.78, 5) is 33.9. The van der Waals surface area contributed by atoms with Crippen LogP contribution in [0.5, 0.6) is 0 Å². The molecule has 0 spiro atoms. The number of rotatable bonds is 5. The minimum Gasteiger partial charge on any atom is -0.355 e. The highest BCUT2D eigenvalue weighted by Gasteiger charge is 2.33. The SMILES string of the molecule is Cc1nc(-c2ccc(CCNC(=O)C3CCCN(C(=O)C(C)(C)C)C3)s2)cs1. The maximum atomic E-state index is 12.6. The van der Waals surface area contributed by atoms with Crippen LogP contribution in [0, 0.1) is 18.3 Å². The Labute approximate surface area is 175 Å². The predicted molar refractivity (Wildman–Crippen MR) is 116 cm³/mol. The van der Waals surface area contributed by atoms with Gasteiger partial charge in [0.25, 0.3) is 0 Å². The highest BCUT2D eigenvalue weighted by Crippen LogP contribution is 2.29. The summed E-state index contributed by atoms with van der Waals surface area (Å²) in [5.41, 5.74) is 0.638. The van der Waals surface area contributed by atoms with Crippen LogP contribution in [0.15, 0.2) is 17.5 Å². The molecule has 0 aliphatic carbocycles. The molecule has 1 aliphatic heterocycles. The number of aromatic nitrogens is 1. The van der Waals surface area contributed by atoms with Gasteiger partial charge in [-0.05, 0) is 38.3 Å². The van der Waals surface area contributed by atoms with Crippen molar-refractivity contribution in [1.29, 1.82) is 0 Å². The van der Waals surface area contributed by atoms with Gasteiger partial charge >= 0.3 is 0 Å². The van der Waals surface area contributed by atoms with Gasteiger partial charge in [0.05, 0.1) is 21.5 Å². The van der Waals surface area contributed by atoms with E-state index in [0.717, 1.165) is 36.5 Å². The van der Waals surface area contributed by atoms with Gasteiger partial charge in [-0.1, -0.05) is 20.8 Å². The lowest BCUT2D eigenvalue weighted by Crippen LogP contribution is -2.48. The van der Waals surface area contributed by atoms with Crippen molar-refractivity contribution in [2.75, 3.05) is 19.6 Å². The number of carbonyl (C=O) groups is 2. The molecule has 0 aromatic carbocycles. The predicted octanol–water partition coefficient (Wildman–Crippen LogP) is 4.12. The van der Waals surface area contributed by atoms with E-state index in [1.54, 1.807) is 22.7 Å². The van der Waals surface area contributed by atoms with Gasteiger partial charge in [0.1, 0.15) is 0 Å². The van der Waals surface area contributed by atoms with E-state index in [0.29, 0.717) is 13.1 Å². The van der Waals surface area contributed by atoms with Gasteiger partial charge in [-0.3, -0.25) is 9.59 Å². The van der Waals surface area contributed by atoms with Crippen LogP contribution in [0.1, 0.15) is 43.5 Å². The molecule has 1 unspecified atom stereocenters. The van der Waals surface area contributed by atoms with Gasteiger partial charge in [-0.2, -0.15) is 0 Å². The van der Waals surface area contributed by atoms with Crippen LogP contribution in [-0.2, 0) is 16.0 Å². The third-order valence-electron chi connectivity index (χ3n) is 4.92. The summed E-state index contributed by atoms with van der Waals surface area (Å²) in [6.07, 6.45) is 2.56. The molecule has 7 heteroatoms. The lowest BCUT2D eigenvalue weighted by Gasteiger charge is -2.35. The first-order valence-electron chi connectivity index (χ1n) is 9.82. The first-order chi connectivity index (χ1) is 13.2. The number of thiazole rings is 1. The van der Waals surface area contributed by atoms with E-state index in [1.165, 1.54) is 9.75 Å². The van der Waals surface area contributed by atoms with E-state index >= 15 is 0 Å². The maximum absolute atomic E-state index is 12.6. The van der Waals surface area contributed by atoms with Gasteiger partial charge in [0.15, 0.2) is 0 Å². The van der Waals surface area contributed by atoms with Crippen molar-refractivity contribution in [3.8, 4) is 10.6 Å². The van der Waals surface area contributed by atoms with E-state index < -0.39 is 5.41 Å². The zero-order valence-electron chi connectivity index (χ0n) is 17.1. The number of nitrogens with one attached hydrogen (secondary N) is 1. The second-order valence-corrected chi connectivity index (χ2v) is 10.6. The zero-order chi connectivity index (χ0) is 20.3. The number of hydrogen-bond donors (Lipinski definition) is 1. The maximum Gasteiger partial charge on any atom is 0.227 e. The van der Waals surface area contributed by atoms with Crippen LogP contribution in [0.3, 0.4) is 0 Å². The Kier molecular flexibility index (Phi) is 6.55. The first-order valence-corrected chi connectivity index (χ1v) is 11.5. The largest absolute Gasteiger partial charge is 0.355 e. The van der Waals surface area contributed by atoms with Gasteiger partial charge in [0.2, 0.25) is 11.8 Å². The highest BCUT2D eigenvalue weighted by molar-refractivity contribution is 7.16. The normalized spacial score (nSPS) is 17.6. The molecule has 152 valence electrons. The quantitative estimate of drug-likeness (QED) is 0.793. The van der Waals surface area contributed by atoms with Crippen LogP contribution in [0.4, 0.5) is 0 Å². The van der Waals surface area contributed by atoms with E-state index in [9.17, 15) is 9.59 Å². The fraction of sp³-hybridized carbons (Fsp3) is 0.571. The fourth-order valence-electron chi connectivity index (χ4n) is 3.43. The average Bonchev–Trinajstić information content (AvgIpc) is 3.29. The lowest BCUT2D eigenvalue weighted by molar-refractivity contribution is -0.142. The number of piperidine rings is 1. The number of hydrogen-bond acceptors (Lipinski definition) is 5. The molecule has 0 radical (unpaired) electrons. The van der Waals surface area contributed by atoms with Crippen molar-refractivity contribution in [3.63, 3.8) is 0 Å². The van der Waals surface area contributed by atoms with Crippen molar-refractivity contribution < 1.29 is 9.59 Å². The smallest absolute Gasteiger partial charge is 0.227 e. The van der Waals surface area contributed by atoms with Crippen molar-refractivity contribution >= 4 is 34.5 Å². The first kappa shape index (κ1) is 21.0. The second-order valence-electron chi connectivity index (χ2n) is 8.40. The summed E-state index contributed by atoms with van der Waals surface area (Å²) in [5, 5.41) is 6.23. The number of carbonyl (C=O) groups excluding carboxylic acids is 2. The van der Waals surface area contributed by atoms with Gasteiger partial charge in [0, 0.05) is 35.3 Å². The van der Waals surface area contributed by atoms with Crippen LogP contribution >= 0.6 is 22.7 Å². The Bertz CT molecular complexity index is 835. The molecule has 1 saturated heterocycles. The van der Waals surface area contributed by atoms with Crippen molar-refractivity contribution in [2.24, 2.45) is 11.3 Å². The molecule has 3 rings (SSSR count). The molecule has 28 heavy (non-hydrogen) atoms. The van der Waals surface area contributed by atoms with Crippen molar-refractivity contribution in [3.05, 3.63) is 27.4 Å². The molecule has 0 saturated carbocycles. The van der Waals surface area contributed by atoms with E-state index in [4.69, 9.17) is 0 Å². The lowest BCUT2D eigenvalue weighted by atomic mass is 9.91. The summed E-state index contributed by atoms with van der Waals surface area (Å²) in [6.45, 7) is 9.73. The number of thiophene rings is 1. The molecular weight excluding hydrogens is 390 g/mol. The van der Waals surface area contributed by atoms with Crippen LogP contribution < -0.4 is 5.32 Å². The monoisotopic (exact) mass is 419 g/mol. The minimum atomic E-state index is -0.398. The molecule has 5 nitrogen and oxygen atoms in total. The van der Waals surface area contributed by atoms with Gasteiger partial charge in [-0.15, -0.1) is 22.7 Å². The van der Waals surface area contributed by atoms with Crippen molar-refractivity contribution in [2.45, 2.75) is 47.0 Å². The van der Waals surface area contributed by atoms with Crippen LogP contribution in [-0.4, -0.2) is 41.3 Å². The molecule has 2 aromatic rings. The average molecular weight is 420 g/mol. The molecule has 1 fully saturated rings. The number of nitrogens with zero attached hydrogens (tertiary/aromatic N) is 2. The minimum absolute atomic E-state index is 0.0679. The Morgan fingerprint density at radius 1 is 1.32 bits per heavy atom. The third-order valence-corrected chi connectivity index (χ3v) is 6.87. The second kappa shape index (κ2) is 8.74. The van der Waals surface area contributed by atoms with E-state index in [-0.39, 0.29) is 17.7 Å². The Balaban J connectivity index is 1.48. The topological polar surface area (TPSA) is 62.3 Å². The molecular formula is C21H29N3O2S2. The summed E-state index contributed by atoms with van der Waals surface area (Å²) in [6, 6.07) is 4.22. The zero-order valence-corrected chi connectivity index (χ0v) is 18.7. The molecule has 1 aliphatic rings. The fourth-order valence-corrected chi connectivity index (χ4v) is 5.09. The van der Waals surface area contributed by atoms with E-state index in [2.05, 4.69) is 27.8 Å². The molecule has 3 heterocycles. The molecule has 2 aromatic heterocycles. The number of aryl methyl sites for hydroxylation is 1. The Morgan fingerprint density at radius 2 is 2.11 bits per heavy atom. The summed E-state index contributed by atoms with van der Waals surface area (Å²) < 4.78 is 0. The standard InChI is InChI=1S/C21H29N3O2S2/c1-14-23-17(13-27-14)18-8-7-16(28-18)9-10-22-19(25)15-6-5-11-24(12-15)20(26)21(2,3)4/h7-8,13,15H,5-6,9-12H2,1-4H3,(H,22,25). The summed E-state index contributed by atoms with van der Waals surface area (Å²) in [5.74, 6) is 0.101. The summed E-state index contributed by atoms with van der Waals surface area (Å²) >= 11 is 3.39. The number of likely N-dealkylation sites (tertiary alicyclic amines) is 1. The molecule has 0 bridgehead atoms. The summed E-state index contributed by atoms with van der Waals surface area (Å²) in [7, 11) is 0. The highest BCUT2D eigenvalue weighted by atomic mass is 32.1. The molecule has 1 N–H and O–H groups in total. The number of amides is 2. The van der Waals surface area contributed by atoms with Crippen molar-refractivity contribution in [1.82, 2.24) is 15.2 Å².